The van der Waals surface area contributed by atoms with Gasteiger partial charge in [0.25, 0.3) is 0 Å². The Morgan fingerprint density at radius 1 is 1.54 bits per heavy atom. The molecule has 1 rings (SSSR count). The molecule has 2 N–H and O–H groups in total. The van der Waals surface area contributed by atoms with Crippen LogP contribution >= 0.6 is 15.9 Å². The first-order valence-corrected chi connectivity index (χ1v) is 4.98. The van der Waals surface area contributed by atoms with Gasteiger partial charge in [-0.15, -0.1) is 0 Å². The Hall–Kier alpha value is -0.830. The lowest BCUT2D eigenvalue weighted by molar-refractivity contribution is 0.0995. The molecule has 13 heavy (non-hydrogen) atoms. The molecule has 0 aromatic heterocycles. The molecule has 0 aliphatic rings. The summed E-state index contributed by atoms with van der Waals surface area (Å²) in [7, 11) is 0. The first-order chi connectivity index (χ1) is 6.02. The van der Waals surface area contributed by atoms with Crippen molar-refractivity contribution in [2.45, 2.75) is 18.7 Å². The Bertz CT molecular complexity index is 334. The van der Waals surface area contributed by atoms with Crippen molar-refractivity contribution in [1.29, 1.82) is 0 Å². The zero-order valence-corrected chi connectivity index (χ0v) is 9.26. The van der Waals surface area contributed by atoms with Gasteiger partial charge in [-0.2, -0.15) is 0 Å². The van der Waals surface area contributed by atoms with Crippen molar-refractivity contribution in [2.75, 3.05) is 5.73 Å². The molecule has 2 nitrogen and oxygen atoms in total. The molecular weight excluding hydrogens is 230 g/mol. The van der Waals surface area contributed by atoms with Crippen LogP contribution in [-0.2, 0) is 0 Å². The number of alkyl halides is 1. The summed E-state index contributed by atoms with van der Waals surface area (Å²) >= 11 is 3.24. The minimum absolute atomic E-state index is 0.0739. The normalized spacial score (nSPS) is 12.5. The predicted octanol–water partition coefficient (Wildman–Crippen LogP) is 2.54. The summed E-state index contributed by atoms with van der Waals surface area (Å²) in [6.45, 7) is 3.72. The van der Waals surface area contributed by atoms with Crippen LogP contribution in [0.1, 0.15) is 22.8 Å². The van der Waals surface area contributed by atoms with E-state index in [9.17, 15) is 4.79 Å². The van der Waals surface area contributed by atoms with E-state index in [0.717, 1.165) is 5.56 Å². The first-order valence-electron chi connectivity index (χ1n) is 4.07. The molecular formula is C10H12BrNO. The number of nitrogens with two attached hydrogens (primary N) is 1. The lowest BCUT2D eigenvalue weighted by Crippen LogP contribution is -2.11. The van der Waals surface area contributed by atoms with E-state index in [0.29, 0.717) is 11.3 Å². The van der Waals surface area contributed by atoms with Gasteiger partial charge < -0.3 is 5.73 Å². The molecule has 0 fully saturated rings. The zero-order chi connectivity index (χ0) is 10.0. The number of carbonyl (C=O) groups is 1. The molecule has 0 radical (unpaired) electrons. The van der Waals surface area contributed by atoms with Gasteiger partial charge in [0.1, 0.15) is 0 Å². The summed E-state index contributed by atoms with van der Waals surface area (Å²) in [5.74, 6) is 0.0739. The fourth-order valence-electron chi connectivity index (χ4n) is 1.12. The van der Waals surface area contributed by atoms with E-state index < -0.39 is 0 Å². The third kappa shape index (κ3) is 2.31. The summed E-state index contributed by atoms with van der Waals surface area (Å²) in [6.07, 6.45) is 0. The molecule has 0 spiro atoms. The SMILES string of the molecule is Cc1ccc(N)cc1C(=O)C(C)Br. The van der Waals surface area contributed by atoms with Gasteiger partial charge in [0.05, 0.1) is 4.83 Å². The van der Waals surface area contributed by atoms with Gasteiger partial charge in [0, 0.05) is 11.3 Å². The molecule has 1 atom stereocenters. The van der Waals surface area contributed by atoms with E-state index in [2.05, 4.69) is 15.9 Å². The highest BCUT2D eigenvalue weighted by Gasteiger charge is 2.13. The van der Waals surface area contributed by atoms with Crippen LogP contribution in [0.25, 0.3) is 0 Å². The van der Waals surface area contributed by atoms with Crippen LogP contribution in [0.2, 0.25) is 0 Å². The van der Waals surface area contributed by atoms with E-state index in [1.165, 1.54) is 0 Å². The number of nitrogen functional groups attached to an aromatic ring is 1. The molecule has 1 unspecified atom stereocenters. The number of aryl methyl sites for hydroxylation is 1. The van der Waals surface area contributed by atoms with Crippen molar-refractivity contribution < 1.29 is 4.79 Å². The Morgan fingerprint density at radius 3 is 2.69 bits per heavy atom. The number of Topliss-reactive ketones (excluding diaryl/α,β-unsaturated/α-hetero) is 1. The molecule has 0 aliphatic carbocycles. The molecule has 0 aliphatic heterocycles. The highest BCUT2D eigenvalue weighted by Crippen LogP contribution is 2.17. The predicted molar refractivity (Wildman–Crippen MR) is 58.3 cm³/mol. The molecule has 1 aromatic rings. The third-order valence-corrected chi connectivity index (χ3v) is 2.30. The largest absolute Gasteiger partial charge is 0.399 e. The number of anilines is 1. The lowest BCUT2D eigenvalue weighted by Gasteiger charge is -2.07. The summed E-state index contributed by atoms with van der Waals surface area (Å²) in [5, 5.41) is 0. The van der Waals surface area contributed by atoms with Crippen LogP contribution in [0.3, 0.4) is 0 Å². The van der Waals surface area contributed by atoms with Crippen LogP contribution in [0.15, 0.2) is 18.2 Å². The second-order valence-electron chi connectivity index (χ2n) is 3.05. The van der Waals surface area contributed by atoms with E-state index in [4.69, 9.17) is 5.73 Å². The maximum Gasteiger partial charge on any atom is 0.176 e. The number of ketones is 1. The Kier molecular flexibility index (Phi) is 3.09. The number of carbonyl (C=O) groups excluding carboxylic acids is 1. The van der Waals surface area contributed by atoms with Crippen molar-refractivity contribution in [3.63, 3.8) is 0 Å². The van der Waals surface area contributed by atoms with Crippen molar-refractivity contribution in [3.8, 4) is 0 Å². The van der Waals surface area contributed by atoms with Gasteiger partial charge in [0.2, 0.25) is 0 Å². The first kappa shape index (κ1) is 10.3. The Labute approximate surface area is 86.3 Å². The van der Waals surface area contributed by atoms with Gasteiger partial charge in [-0.05, 0) is 31.5 Å². The minimum Gasteiger partial charge on any atom is -0.399 e. The topological polar surface area (TPSA) is 43.1 Å². The van der Waals surface area contributed by atoms with Gasteiger partial charge in [-0.1, -0.05) is 22.0 Å². The second kappa shape index (κ2) is 3.92. The maximum atomic E-state index is 11.6. The van der Waals surface area contributed by atoms with Crippen LogP contribution in [0.5, 0.6) is 0 Å². The van der Waals surface area contributed by atoms with Gasteiger partial charge in [0.15, 0.2) is 5.78 Å². The number of hydrogen-bond donors (Lipinski definition) is 1. The standard InChI is InChI=1S/C10H12BrNO/c1-6-3-4-8(12)5-9(6)10(13)7(2)11/h3-5,7H,12H2,1-2H3. The number of hydrogen-bond acceptors (Lipinski definition) is 2. The number of benzene rings is 1. The van der Waals surface area contributed by atoms with E-state index >= 15 is 0 Å². The monoisotopic (exact) mass is 241 g/mol. The number of halogens is 1. The average molecular weight is 242 g/mol. The third-order valence-electron chi connectivity index (χ3n) is 1.89. The molecule has 0 bridgehead atoms. The van der Waals surface area contributed by atoms with E-state index in [1.807, 2.05) is 19.9 Å². The van der Waals surface area contributed by atoms with E-state index in [1.54, 1.807) is 12.1 Å². The van der Waals surface area contributed by atoms with Crippen LogP contribution in [0, 0.1) is 6.92 Å². The van der Waals surface area contributed by atoms with Gasteiger partial charge in [-0.25, -0.2) is 0 Å². The quantitative estimate of drug-likeness (QED) is 0.492. The van der Waals surface area contributed by atoms with Crippen LogP contribution in [0.4, 0.5) is 5.69 Å². The molecule has 70 valence electrons. The molecule has 1 aromatic carbocycles. The fourth-order valence-corrected chi connectivity index (χ4v) is 1.37. The summed E-state index contributed by atoms with van der Waals surface area (Å²) in [6, 6.07) is 5.37. The van der Waals surface area contributed by atoms with Crippen molar-refractivity contribution >= 4 is 27.4 Å². The molecule has 0 amide bonds. The Balaban J connectivity index is 3.13. The van der Waals surface area contributed by atoms with Gasteiger partial charge in [-0.3, -0.25) is 4.79 Å². The number of rotatable bonds is 2. The van der Waals surface area contributed by atoms with Crippen molar-refractivity contribution in [3.05, 3.63) is 29.3 Å². The average Bonchev–Trinajstić information content (AvgIpc) is 2.08. The summed E-state index contributed by atoms with van der Waals surface area (Å²) in [4.78, 5) is 11.5. The summed E-state index contributed by atoms with van der Waals surface area (Å²) < 4.78 is 0. The van der Waals surface area contributed by atoms with Crippen molar-refractivity contribution in [2.24, 2.45) is 0 Å². The lowest BCUT2D eigenvalue weighted by atomic mass is 10.0. The molecule has 0 saturated carbocycles. The zero-order valence-electron chi connectivity index (χ0n) is 7.67. The smallest absolute Gasteiger partial charge is 0.176 e. The Morgan fingerprint density at radius 2 is 2.15 bits per heavy atom. The molecule has 0 saturated heterocycles. The molecule has 0 heterocycles. The highest BCUT2D eigenvalue weighted by molar-refractivity contribution is 9.10. The van der Waals surface area contributed by atoms with Crippen LogP contribution < -0.4 is 5.73 Å². The van der Waals surface area contributed by atoms with E-state index in [-0.39, 0.29) is 10.6 Å². The fraction of sp³-hybridized carbons (Fsp3) is 0.300. The second-order valence-corrected chi connectivity index (χ2v) is 4.43. The van der Waals surface area contributed by atoms with Gasteiger partial charge >= 0.3 is 0 Å². The van der Waals surface area contributed by atoms with Crippen LogP contribution in [-0.4, -0.2) is 10.6 Å². The summed E-state index contributed by atoms with van der Waals surface area (Å²) in [5.41, 5.74) is 7.89. The highest BCUT2D eigenvalue weighted by atomic mass is 79.9. The maximum absolute atomic E-state index is 11.6. The van der Waals surface area contributed by atoms with Crippen molar-refractivity contribution in [1.82, 2.24) is 0 Å². The molecule has 3 heteroatoms. The minimum atomic E-state index is -0.159.